The molecule has 110 valence electrons. The first-order valence-electron chi connectivity index (χ1n) is 7.55. The number of ether oxygens (including phenoxy) is 1. The highest BCUT2D eigenvalue weighted by molar-refractivity contribution is 9.10. The fourth-order valence-electron chi connectivity index (χ4n) is 3.42. The molecule has 3 heteroatoms. The smallest absolute Gasteiger partial charge is 0.139 e. The van der Waals surface area contributed by atoms with E-state index in [1.165, 1.54) is 17.5 Å². The minimum atomic E-state index is 0.0283. The van der Waals surface area contributed by atoms with Crippen molar-refractivity contribution in [2.75, 3.05) is 0 Å². The molecular formula is C17H24BrNO. The summed E-state index contributed by atoms with van der Waals surface area (Å²) >= 11 is 3.69. The third-order valence-electron chi connectivity index (χ3n) is 4.44. The molecule has 1 atom stereocenters. The summed E-state index contributed by atoms with van der Waals surface area (Å²) in [7, 11) is 0. The number of rotatable bonds is 1. The minimum absolute atomic E-state index is 0.0283. The van der Waals surface area contributed by atoms with E-state index in [2.05, 4.69) is 48.8 Å². The highest BCUT2D eigenvalue weighted by atomic mass is 79.9. The maximum atomic E-state index is 6.43. The summed E-state index contributed by atoms with van der Waals surface area (Å²) in [6.07, 6.45) is 5.58. The number of halogens is 1. The fraction of sp³-hybridized carbons (Fsp3) is 0.647. The molecule has 1 unspecified atom stereocenters. The van der Waals surface area contributed by atoms with Crippen molar-refractivity contribution >= 4 is 15.9 Å². The van der Waals surface area contributed by atoms with Gasteiger partial charge in [-0.3, -0.25) is 0 Å². The van der Waals surface area contributed by atoms with Gasteiger partial charge in [0.2, 0.25) is 0 Å². The van der Waals surface area contributed by atoms with Crippen LogP contribution in [0, 0.1) is 5.41 Å². The van der Waals surface area contributed by atoms with Gasteiger partial charge in [0.25, 0.3) is 0 Å². The van der Waals surface area contributed by atoms with Crippen molar-refractivity contribution in [3.63, 3.8) is 0 Å². The van der Waals surface area contributed by atoms with E-state index < -0.39 is 0 Å². The maximum absolute atomic E-state index is 6.43. The predicted molar refractivity (Wildman–Crippen MR) is 86.1 cm³/mol. The highest BCUT2D eigenvalue weighted by Crippen LogP contribution is 2.50. The summed E-state index contributed by atoms with van der Waals surface area (Å²) in [5, 5.41) is 0. The van der Waals surface area contributed by atoms with E-state index >= 15 is 0 Å². The number of fused-ring (bicyclic) bond motifs is 1. The Morgan fingerprint density at radius 2 is 2.05 bits per heavy atom. The standard InChI is InChI=1S/C17H24BrNO/c1-16(2,3)9-11-7-12-14(19)10-17(5-4-6-17)20-15(12)13(18)8-11/h7-8,14H,4-6,9-10,19H2,1-3H3. The number of nitrogens with two attached hydrogens (primary N) is 1. The molecule has 3 rings (SSSR count). The van der Waals surface area contributed by atoms with Crippen LogP contribution in [0.1, 0.15) is 63.6 Å². The lowest BCUT2D eigenvalue weighted by atomic mass is 9.73. The molecule has 20 heavy (non-hydrogen) atoms. The molecule has 1 spiro atoms. The Kier molecular flexibility index (Phi) is 3.41. The van der Waals surface area contributed by atoms with Crippen LogP contribution in [-0.4, -0.2) is 5.60 Å². The Morgan fingerprint density at radius 1 is 1.35 bits per heavy atom. The summed E-state index contributed by atoms with van der Waals surface area (Å²) in [5.74, 6) is 0.987. The van der Waals surface area contributed by atoms with Crippen molar-refractivity contribution in [2.24, 2.45) is 11.1 Å². The lowest BCUT2D eigenvalue weighted by Crippen LogP contribution is -2.48. The van der Waals surface area contributed by atoms with Gasteiger partial charge in [-0.1, -0.05) is 26.8 Å². The molecule has 1 saturated carbocycles. The average molecular weight is 338 g/mol. The zero-order valence-electron chi connectivity index (χ0n) is 12.6. The van der Waals surface area contributed by atoms with Crippen LogP contribution >= 0.6 is 15.9 Å². The topological polar surface area (TPSA) is 35.2 Å². The highest BCUT2D eigenvalue weighted by Gasteiger charge is 2.45. The Balaban J connectivity index is 1.96. The molecule has 0 amide bonds. The summed E-state index contributed by atoms with van der Waals surface area (Å²) < 4.78 is 7.38. The van der Waals surface area contributed by atoms with E-state index in [9.17, 15) is 0 Å². The molecule has 0 saturated heterocycles. The fourth-order valence-corrected chi connectivity index (χ4v) is 4.02. The van der Waals surface area contributed by atoms with Crippen LogP contribution in [0.5, 0.6) is 5.75 Å². The summed E-state index contributed by atoms with van der Waals surface area (Å²) in [4.78, 5) is 0. The van der Waals surface area contributed by atoms with Crippen molar-refractivity contribution in [1.82, 2.24) is 0 Å². The van der Waals surface area contributed by atoms with Crippen molar-refractivity contribution < 1.29 is 4.74 Å². The zero-order valence-corrected chi connectivity index (χ0v) is 14.2. The summed E-state index contributed by atoms with van der Waals surface area (Å²) in [6.45, 7) is 6.79. The van der Waals surface area contributed by atoms with E-state index in [0.29, 0.717) is 0 Å². The van der Waals surface area contributed by atoms with Gasteiger partial charge in [-0.05, 0) is 58.7 Å². The molecule has 1 aliphatic carbocycles. The van der Waals surface area contributed by atoms with E-state index in [1.54, 1.807) is 0 Å². The molecular weight excluding hydrogens is 314 g/mol. The average Bonchev–Trinajstić information content (AvgIpc) is 2.26. The van der Waals surface area contributed by atoms with Gasteiger partial charge in [0.15, 0.2) is 0 Å². The predicted octanol–water partition coefficient (Wildman–Crippen LogP) is 4.74. The molecule has 1 fully saturated rings. The molecule has 2 aliphatic rings. The molecule has 0 aromatic heterocycles. The SMILES string of the molecule is CC(C)(C)Cc1cc(Br)c2c(c1)C(N)CC1(CCC1)O2. The molecule has 2 N–H and O–H groups in total. The molecule has 1 aliphatic heterocycles. The number of benzene rings is 1. The van der Waals surface area contributed by atoms with Gasteiger partial charge in [0.05, 0.1) is 4.47 Å². The second-order valence-electron chi connectivity index (χ2n) is 7.68. The van der Waals surface area contributed by atoms with Gasteiger partial charge < -0.3 is 10.5 Å². The van der Waals surface area contributed by atoms with Crippen molar-refractivity contribution in [3.05, 3.63) is 27.7 Å². The van der Waals surface area contributed by atoms with Crippen LogP contribution in [0.4, 0.5) is 0 Å². The first kappa shape index (κ1) is 14.4. The molecule has 1 aromatic carbocycles. The Bertz CT molecular complexity index is 529. The quantitative estimate of drug-likeness (QED) is 0.802. The normalized spacial score (nSPS) is 23.9. The van der Waals surface area contributed by atoms with Crippen LogP contribution in [-0.2, 0) is 6.42 Å². The monoisotopic (exact) mass is 337 g/mol. The largest absolute Gasteiger partial charge is 0.486 e. The maximum Gasteiger partial charge on any atom is 0.139 e. The van der Waals surface area contributed by atoms with Gasteiger partial charge in [-0.25, -0.2) is 0 Å². The summed E-state index contributed by atoms with van der Waals surface area (Å²) in [6, 6.07) is 4.56. The molecule has 2 nitrogen and oxygen atoms in total. The van der Waals surface area contributed by atoms with Crippen LogP contribution in [0.3, 0.4) is 0 Å². The van der Waals surface area contributed by atoms with Crippen LogP contribution in [0.25, 0.3) is 0 Å². The number of hydrogen-bond acceptors (Lipinski definition) is 2. The third-order valence-corrected chi connectivity index (χ3v) is 5.03. The van der Waals surface area contributed by atoms with Crippen molar-refractivity contribution in [2.45, 2.75) is 64.5 Å². The van der Waals surface area contributed by atoms with Crippen molar-refractivity contribution in [1.29, 1.82) is 0 Å². The van der Waals surface area contributed by atoms with Gasteiger partial charge >= 0.3 is 0 Å². The third kappa shape index (κ3) is 2.62. The Labute approximate surface area is 130 Å². The van der Waals surface area contributed by atoms with E-state index in [0.717, 1.165) is 35.9 Å². The zero-order chi connectivity index (χ0) is 14.5. The summed E-state index contributed by atoms with van der Waals surface area (Å²) in [5.41, 5.74) is 9.26. The van der Waals surface area contributed by atoms with Gasteiger partial charge in [0, 0.05) is 18.0 Å². The lowest BCUT2D eigenvalue weighted by Gasteiger charge is -2.47. The van der Waals surface area contributed by atoms with E-state index in [4.69, 9.17) is 10.5 Å². The van der Waals surface area contributed by atoms with Crippen LogP contribution < -0.4 is 10.5 Å². The first-order valence-corrected chi connectivity index (χ1v) is 8.34. The second kappa shape index (κ2) is 4.74. The molecule has 1 heterocycles. The van der Waals surface area contributed by atoms with E-state index in [1.807, 2.05) is 0 Å². The Morgan fingerprint density at radius 3 is 2.60 bits per heavy atom. The minimum Gasteiger partial charge on any atom is -0.486 e. The number of hydrogen-bond donors (Lipinski definition) is 1. The van der Waals surface area contributed by atoms with Crippen LogP contribution in [0.2, 0.25) is 0 Å². The lowest BCUT2D eigenvalue weighted by molar-refractivity contribution is -0.0336. The Hall–Kier alpha value is -0.540. The van der Waals surface area contributed by atoms with Gasteiger partial charge in [-0.15, -0.1) is 0 Å². The van der Waals surface area contributed by atoms with Crippen molar-refractivity contribution in [3.8, 4) is 5.75 Å². The van der Waals surface area contributed by atoms with E-state index in [-0.39, 0.29) is 17.1 Å². The van der Waals surface area contributed by atoms with Crippen LogP contribution in [0.15, 0.2) is 16.6 Å². The van der Waals surface area contributed by atoms with Gasteiger partial charge in [-0.2, -0.15) is 0 Å². The second-order valence-corrected chi connectivity index (χ2v) is 8.54. The van der Waals surface area contributed by atoms with Gasteiger partial charge in [0.1, 0.15) is 11.4 Å². The molecule has 0 radical (unpaired) electrons. The molecule has 1 aromatic rings. The molecule has 0 bridgehead atoms. The first-order chi connectivity index (χ1) is 9.28.